The molecule has 4 fully saturated rings. The maximum atomic E-state index is 10.0. The maximum Gasteiger partial charge on any atom is 0.159 e. The van der Waals surface area contributed by atoms with Gasteiger partial charge in [0.15, 0.2) is 5.82 Å². The molecule has 2 aliphatic heterocycles. The molecule has 5 heterocycles. The van der Waals surface area contributed by atoms with E-state index in [0.717, 1.165) is 86.3 Å². The van der Waals surface area contributed by atoms with E-state index in [2.05, 4.69) is 32.0 Å². The van der Waals surface area contributed by atoms with Gasteiger partial charge in [-0.3, -0.25) is 9.88 Å². The third-order valence-corrected chi connectivity index (χ3v) is 8.26. The van der Waals surface area contributed by atoms with Crippen LogP contribution in [-0.2, 0) is 10.2 Å². The number of rotatable bonds is 3. The summed E-state index contributed by atoms with van der Waals surface area (Å²) in [6.45, 7) is 7.39. The van der Waals surface area contributed by atoms with Crippen LogP contribution in [0.1, 0.15) is 37.2 Å². The first-order chi connectivity index (χ1) is 16.6. The molecule has 174 valence electrons. The average molecular weight is 457 g/mol. The van der Waals surface area contributed by atoms with Gasteiger partial charge in [0.2, 0.25) is 0 Å². The fraction of sp³-hybridized carbons (Fsp3) is 0.560. The average Bonchev–Trinajstić information content (AvgIpc) is 3.52. The van der Waals surface area contributed by atoms with Gasteiger partial charge in [0.05, 0.1) is 42.7 Å². The van der Waals surface area contributed by atoms with Gasteiger partial charge in [-0.25, -0.2) is 14.6 Å². The molecule has 3 aromatic rings. The van der Waals surface area contributed by atoms with Crippen molar-refractivity contribution in [2.45, 2.75) is 44.1 Å². The number of ether oxygens (including phenoxy) is 1. The van der Waals surface area contributed by atoms with E-state index in [1.165, 1.54) is 12.8 Å². The second kappa shape index (κ2) is 7.20. The van der Waals surface area contributed by atoms with E-state index in [0.29, 0.717) is 11.5 Å². The van der Waals surface area contributed by atoms with Crippen molar-refractivity contribution in [3.63, 3.8) is 0 Å². The summed E-state index contributed by atoms with van der Waals surface area (Å²) in [5, 5.41) is 15.6. The summed E-state index contributed by atoms with van der Waals surface area (Å²) in [6, 6.07) is 7.07. The van der Waals surface area contributed by atoms with Crippen LogP contribution >= 0.6 is 0 Å². The quantitative estimate of drug-likeness (QED) is 0.593. The predicted octanol–water partition coefficient (Wildman–Crippen LogP) is 2.38. The highest BCUT2D eigenvalue weighted by molar-refractivity contribution is 5.80. The monoisotopic (exact) mass is 456 g/mol. The lowest BCUT2D eigenvalue weighted by molar-refractivity contribution is -0.0117. The van der Waals surface area contributed by atoms with Crippen LogP contribution in [0.4, 0.5) is 5.82 Å². The Morgan fingerprint density at radius 1 is 1.09 bits per heavy atom. The lowest BCUT2D eigenvalue weighted by Gasteiger charge is -2.44. The van der Waals surface area contributed by atoms with Crippen LogP contribution in [0.25, 0.3) is 16.7 Å². The molecular weight excluding hydrogens is 428 g/mol. The van der Waals surface area contributed by atoms with E-state index in [1.54, 1.807) is 0 Å². The van der Waals surface area contributed by atoms with Crippen LogP contribution < -0.4 is 4.90 Å². The highest BCUT2D eigenvalue weighted by Crippen LogP contribution is 2.68. The molecule has 0 radical (unpaired) electrons. The summed E-state index contributed by atoms with van der Waals surface area (Å²) in [5.74, 6) is 2.39. The van der Waals surface area contributed by atoms with Gasteiger partial charge >= 0.3 is 0 Å². The smallest absolute Gasteiger partial charge is 0.159 e. The Morgan fingerprint density at radius 3 is 2.76 bits per heavy atom. The highest BCUT2D eigenvalue weighted by Gasteiger charge is 2.62. The normalized spacial score (nSPS) is 25.1. The molecule has 0 N–H and O–H groups in total. The number of piperazine rings is 1. The number of aryl methyl sites for hydroxylation is 1. The Hall–Kier alpha value is -3.09. The van der Waals surface area contributed by atoms with Crippen molar-refractivity contribution in [3.8, 4) is 11.9 Å². The second-order valence-electron chi connectivity index (χ2n) is 10.6. The van der Waals surface area contributed by atoms with Crippen molar-refractivity contribution >= 4 is 16.7 Å². The van der Waals surface area contributed by atoms with Crippen LogP contribution in [0.2, 0.25) is 0 Å². The molecule has 2 saturated heterocycles. The predicted molar refractivity (Wildman–Crippen MR) is 126 cm³/mol. The number of morpholine rings is 1. The van der Waals surface area contributed by atoms with Gasteiger partial charge in [-0.1, -0.05) is 0 Å². The number of anilines is 1. The molecule has 0 aromatic carbocycles. The molecule has 0 bridgehead atoms. The van der Waals surface area contributed by atoms with E-state index in [-0.39, 0.29) is 0 Å². The number of fused-ring (bicyclic) bond motifs is 2. The summed E-state index contributed by atoms with van der Waals surface area (Å²) in [5.41, 5.74) is 1.75. The van der Waals surface area contributed by atoms with Crippen molar-refractivity contribution in [1.82, 2.24) is 29.6 Å². The molecule has 1 unspecified atom stereocenters. The molecule has 1 atom stereocenters. The Balaban J connectivity index is 1.23. The molecular formula is C25H28N8O. The lowest BCUT2D eigenvalue weighted by atomic mass is 9.58. The third-order valence-electron chi connectivity index (χ3n) is 8.26. The largest absolute Gasteiger partial charge is 0.378 e. The van der Waals surface area contributed by atoms with E-state index in [4.69, 9.17) is 14.7 Å². The van der Waals surface area contributed by atoms with E-state index in [1.807, 2.05) is 30.1 Å². The first kappa shape index (κ1) is 20.3. The van der Waals surface area contributed by atoms with Crippen LogP contribution in [0.3, 0.4) is 0 Å². The highest BCUT2D eigenvalue weighted by atomic mass is 16.5. The number of nitriles is 1. The third kappa shape index (κ3) is 3.12. The van der Waals surface area contributed by atoms with E-state index in [9.17, 15) is 5.26 Å². The summed E-state index contributed by atoms with van der Waals surface area (Å²) in [6.07, 6.45) is 8.03. The van der Waals surface area contributed by atoms with Crippen molar-refractivity contribution in [2.75, 3.05) is 44.3 Å². The lowest BCUT2D eigenvalue weighted by Crippen LogP contribution is -2.58. The topological polar surface area (TPSA) is 96.0 Å². The van der Waals surface area contributed by atoms with Crippen LogP contribution in [0, 0.1) is 23.7 Å². The molecule has 34 heavy (non-hydrogen) atoms. The number of nitrogens with zero attached hydrogens (tertiary/aromatic N) is 8. The maximum absolute atomic E-state index is 10.0. The Bertz CT molecular complexity index is 1310. The molecule has 3 aromatic heterocycles. The molecule has 9 nitrogen and oxygen atoms in total. The Labute approximate surface area is 198 Å². The van der Waals surface area contributed by atoms with Crippen LogP contribution in [0.5, 0.6) is 0 Å². The van der Waals surface area contributed by atoms with Gasteiger partial charge in [0, 0.05) is 43.8 Å². The fourth-order valence-corrected chi connectivity index (χ4v) is 6.20. The van der Waals surface area contributed by atoms with Crippen molar-refractivity contribution < 1.29 is 4.74 Å². The first-order valence-electron chi connectivity index (χ1n) is 12.2. The minimum absolute atomic E-state index is 0.403. The standard InChI is InChI=1S/C25H28N8O/c1-17-29-22(32-5-4-31-6-7-34-13-19(31)12-32)9-23(30-17)33-20-8-21(27-10-18(20)11-28-33)25(16-26)14-24(15-25)2-3-24/h8-11,19H,2-7,12-15H2,1H3. The molecule has 1 spiro atoms. The SMILES string of the molecule is Cc1nc(N2CCN3CCOCC3C2)cc(-n2ncc3cnc(C4(C#N)CC5(CC5)C4)cc32)n1. The minimum atomic E-state index is -0.464. The van der Waals surface area contributed by atoms with Gasteiger partial charge in [-0.2, -0.15) is 10.4 Å². The minimum Gasteiger partial charge on any atom is -0.378 e. The van der Waals surface area contributed by atoms with Crippen LogP contribution in [-0.4, -0.2) is 75.1 Å². The summed E-state index contributed by atoms with van der Waals surface area (Å²) < 4.78 is 7.58. The zero-order valence-electron chi connectivity index (χ0n) is 19.4. The van der Waals surface area contributed by atoms with Crippen molar-refractivity contribution in [2.24, 2.45) is 5.41 Å². The summed E-state index contributed by atoms with van der Waals surface area (Å²) in [7, 11) is 0. The van der Waals surface area contributed by atoms with Gasteiger partial charge in [-0.15, -0.1) is 0 Å². The Morgan fingerprint density at radius 2 is 1.94 bits per heavy atom. The molecule has 2 saturated carbocycles. The van der Waals surface area contributed by atoms with Gasteiger partial charge in [-0.05, 0) is 44.1 Å². The van der Waals surface area contributed by atoms with Crippen molar-refractivity contribution in [3.05, 3.63) is 36.0 Å². The van der Waals surface area contributed by atoms with E-state index < -0.39 is 5.41 Å². The fourth-order valence-electron chi connectivity index (χ4n) is 6.20. The van der Waals surface area contributed by atoms with Gasteiger partial charge < -0.3 is 9.64 Å². The van der Waals surface area contributed by atoms with Crippen molar-refractivity contribution in [1.29, 1.82) is 5.26 Å². The zero-order chi connectivity index (χ0) is 22.9. The number of pyridine rings is 1. The van der Waals surface area contributed by atoms with Gasteiger partial charge in [0.1, 0.15) is 17.1 Å². The van der Waals surface area contributed by atoms with Gasteiger partial charge in [0.25, 0.3) is 0 Å². The summed E-state index contributed by atoms with van der Waals surface area (Å²) >= 11 is 0. The number of aromatic nitrogens is 5. The molecule has 7 rings (SSSR count). The van der Waals surface area contributed by atoms with Crippen LogP contribution in [0.15, 0.2) is 24.5 Å². The molecule has 2 aliphatic carbocycles. The number of hydrogen-bond donors (Lipinski definition) is 0. The molecule has 4 aliphatic rings. The first-order valence-corrected chi connectivity index (χ1v) is 12.2. The molecule has 9 heteroatoms. The number of hydrogen-bond acceptors (Lipinski definition) is 8. The molecule has 0 amide bonds. The zero-order valence-corrected chi connectivity index (χ0v) is 19.4. The van der Waals surface area contributed by atoms with E-state index >= 15 is 0 Å². The summed E-state index contributed by atoms with van der Waals surface area (Å²) in [4.78, 5) is 19.0. The second-order valence-corrected chi connectivity index (χ2v) is 10.6. The Kier molecular flexibility index (Phi) is 4.30.